The van der Waals surface area contributed by atoms with E-state index in [1.807, 2.05) is 6.92 Å². The first kappa shape index (κ1) is 20.6. The van der Waals surface area contributed by atoms with E-state index in [1.165, 1.54) is 39.6 Å². The van der Waals surface area contributed by atoms with Crippen LogP contribution in [0.3, 0.4) is 0 Å². The number of nitrogens with one attached hydrogen (secondary N) is 1. The Morgan fingerprint density at radius 1 is 1.14 bits per heavy atom. The van der Waals surface area contributed by atoms with Crippen molar-refractivity contribution in [3.8, 4) is 0 Å². The van der Waals surface area contributed by atoms with Crippen LogP contribution in [0.15, 0.2) is 39.9 Å². The van der Waals surface area contributed by atoms with Crippen LogP contribution in [-0.2, 0) is 27.7 Å². The second-order valence-electron chi connectivity index (χ2n) is 8.08. The molecule has 2 aromatic rings. The number of benzene rings is 1. The van der Waals surface area contributed by atoms with Crippen molar-refractivity contribution in [2.75, 3.05) is 13.1 Å². The van der Waals surface area contributed by atoms with Crippen LogP contribution in [0.4, 0.5) is 0 Å². The molecule has 7 heteroatoms. The highest BCUT2D eigenvalue weighted by Crippen LogP contribution is 2.28. The van der Waals surface area contributed by atoms with Gasteiger partial charge in [-0.3, -0.25) is 4.79 Å². The van der Waals surface area contributed by atoms with Gasteiger partial charge >= 0.3 is 0 Å². The molecule has 1 saturated heterocycles. The lowest BCUT2D eigenvalue weighted by Crippen LogP contribution is -2.43. The van der Waals surface area contributed by atoms with Gasteiger partial charge in [0, 0.05) is 19.0 Å². The van der Waals surface area contributed by atoms with Gasteiger partial charge in [-0.05, 0) is 73.6 Å². The van der Waals surface area contributed by atoms with Crippen molar-refractivity contribution in [2.24, 2.45) is 5.92 Å². The van der Waals surface area contributed by atoms with Crippen LogP contribution < -0.4 is 5.32 Å². The fourth-order valence-corrected chi connectivity index (χ4v) is 6.95. The maximum atomic E-state index is 12.8. The number of piperidine rings is 1. The van der Waals surface area contributed by atoms with Gasteiger partial charge in [0.15, 0.2) is 0 Å². The third-order valence-electron chi connectivity index (χ3n) is 6.15. The number of hydrogen-bond donors (Lipinski definition) is 1. The van der Waals surface area contributed by atoms with Gasteiger partial charge in [-0.25, -0.2) is 8.42 Å². The molecule has 29 heavy (non-hydrogen) atoms. The number of aryl methyl sites for hydroxylation is 2. The molecule has 1 atom stereocenters. The van der Waals surface area contributed by atoms with Crippen molar-refractivity contribution in [1.82, 2.24) is 9.62 Å². The maximum absolute atomic E-state index is 12.8. The lowest BCUT2D eigenvalue weighted by Gasteiger charge is -2.31. The van der Waals surface area contributed by atoms with Gasteiger partial charge in [0.05, 0.1) is 6.04 Å². The predicted molar refractivity (Wildman–Crippen MR) is 115 cm³/mol. The highest BCUT2D eigenvalue weighted by atomic mass is 32.2. The number of amides is 1. The first-order valence-electron chi connectivity index (χ1n) is 10.4. The van der Waals surface area contributed by atoms with Gasteiger partial charge in [-0.1, -0.05) is 24.3 Å². The maximum Gasteiger partial charge on any atom is 0.252 e. The predicted octanol–water partition coefficient (Wildman–Crippen LogP) is 3.91. The Balaban J connectivity index is 1.34. The van der Waals surface area contributed by atoms with E-state index in [1.54, 1.807) is 17.5 Å². The van der Waals surface area contributed by atoms with E-state index in [-0.39, 0.29) is 17.9 Å². The van der Waals surface area contributed by atoms with Crippen molar-refractivity contribution in [3.63, 3.8) is 0 Å². The molecule has 1 N–H and O–H groups in total. The van der Waals surface area contributed by atoms with Gasteiger partial charge in [-0.15, -0.1) is 11.3 Å². The van der Waals surface area contributed by atoms with Gasteiger partial charge in [0.25, 0.3) is 10.0 Å². The summed E-state index contributed by atoms with van der Waals surface area (Å²) in [6, 6.07) is 9.93. The fraction of sp³-hybridized carbons (Fsp3) is 0.500. The van der Waals surface area contributed by atoms with E-state index in [2.05, 4.69) is 23.5 Å². The molecule has 0 saturated carbocycles. The molecular formula is C22H28N2O3S2. The third kappa shape index (κ3) is 4.42. The molecule has 0 radical (unpaired) electrons. The van der Waals surface area contributed by atoms with Crippen molar-refractivity contribution in [2.45, 2.75) is 55.7 Å². The highest BCUT2D eigenvalue weighted by Gasteiger charge is 2.33. The normalized spacial score (nSPS) is 19.5. The molecule has 1 aromatic heterocycles. The average molecular weight is 433 g/mol. The molecule has 1 aliphatic carbocycles. The summed E-state index contributed by atoms with van der Waals surface area (Å²) >= 11 is 1.24. The van der Waals surface area contributed by atoms with E-state index in [9.17, 15) is 13.2 Å². The minimum absolute atomic E-state index is 0.0309. The van der Waals surface area contributed by atoms with Crippen LogP contribution >= 0.6 is 11.3 Å². The smallest absolute Gasteiger partial charge is 0.252 e. The number of nitrogens with zero attached hydrogens (tertiary/aromatic N) is 1. The topological polar surface area (TPSA) is 66.5 Å². The summed E-state index contributed by atoms with van der Waals surface area (Å²) < 4.78 is 27.2. The van der Waals surface area contributed by atoms with Gasteiger partial charge in [0.1, 0.15) is 4.21 Å². The van der Waals surface area contributed by atoms with Crippen LogP contribution in [-0.4, -0.2) is 31.7 Å². The Hall–Kier alpha value is -1.70. The van der Waals surface area contributed by atoms with Crippen LogP contribution in [0.2, 0.25) is 0 Å². The van der Waals surface area contributed by atoms with Gasteiger partial charge in [0.2, 0.25) is 5.91 Å². The van der Waals surface area contributed by atoms with E-state index in [4.69, 9.17) is 0 Å². The van der Waals surface area contributed by atoms with E-state index < -0.39 is 10.0 Å². The van der Waals surface area contributed by atoms with Crippen molar-refractivity contribution >= 4 is 27.3 Å². The summed E-state index contributed by atoms with van der Waals surface area (Å²) in [4.78, 5) is 12.8. The Morgan fingerprint density at radius 3 is 2.55 bits per heavy atom. The first-order chi connectivity index (χ1) is 13.9. The Bertz CT molecular complexity index is 962. The molecule has 1 amide bonds. The second-order valence-corrected chi connectivity index (χ2v) is 11.2. The number of carbonyl (C=O) groups is 1. The van der Waals surface area contributed by atoms with E-state index >= 15 is 0 Å². The van der Waals surface area contributed by atoms with E-state index in [0.717, 1.165) is 18.4 Å². The lowest BCUT2D eigenvalue weighted by molar-refractivity contribution is -0.126. The quantitative estimate of drug-likeness (QED) is 0.779. The Labute approximate surface area is 177 Å². The average Bonchev–Trinajstić information content (AvgIpc) is 3.29. The molecule has 4 rings (SSSR count). The number of hydrogen-bond acceptors (Lipinski definition) is 4. The monoisotopic (exact) mass is 432 g/mol. The zero-order valence-corrected chi connectivity index (χ0v) is 18.4. The molecule has 2 aliphatic rings. The van der Waals surface area contributed by atoms with Crippen LogP contribution in [0.5, 0.6) is 0 Å². The summed E-state index contributed by atoms with van der Waals surface area (Å²) in [6.07, 6.45) is 5.91. The zero-order chi connectivity index (χ0) is 20.4. The van der Waals surface area contributed by atoms with Crippen LogP contribution in [0.25, 0.3) is 0 Å². The SMILES string of the molecule is CC(NC(=O)C1CCN(S(=O)(=O)c2cccs2)CC1)c1ccc2c(c1)CCCC2. The summed E-state index contributed by atoms with van der Waals surface area (Å²) in [5.74, 6) is -0.103. The summed E-state index contributed by atoms with van der Waals surface area (Å²) in [7, 11) is -3.42. The molecule has 1 unspecified atom stereocenters. The van der Waals surface area contributed by atoms with Crippen LogP contribution in [0, 0.1) is 5.92 Å². The molecule has 1 fully saturated rings. The number of rotatable bonds is 5. The highest BCUT2D eigenvalue weighted by molar-refractivity contribution is 7.91. The molecule has 1 aliphatic heterocycles. The van der Waals surface area contributed by atoms with Crippen LogP contribution in [0.1, 0.15) is 55.3 Å². The largest absolute Gasteiger partial charge is 0.349 e. The molecule has 0 spiro atoms. The number of carbonyl (C=O) groups excluding carboxylic acids is 1. The number of thiophene rings is 1. The molecule has 2 heterocycles. The molecule has 1 aromatic carbocycles. The number of sulfonamides is 1. The zero-order valence-electron chi connectivity index (χ0n) is 16.8. The summed E-state index contributed by atoms with van der Waals surface area (Å²) in [5, 5.41) is 4.92. The third-order valence-corrected chi connectivity index (χ3v) is 9.42. The van der Waals surface area contributed by atoms with Crippen molar-refractivity contribution in [1.29, 1.82) is 0 Å². The Morgan fingerprint density at radius 2 is 1.86 bits per heavy atom. The minimum atomic E-state index is -3.42. The fourth-order valence-electron chi connectivity index (χ4n) is 4.33. The van der Waals surface area contributed by atoms with Gasteiger partial charge < -0.3 is 5.32 Å². The second kappa shape index (κ2) is 8.58. The summed E-state index contributed by atoms with van der Waals surface area (Å²) in [5.41, 5.74) is 4.01. The van der Waals surface area contributed by atoms with Gasteiger partial charge in [-0.2, -0.15) is 4.31 Å². The first-order valence-corrected chi connectivity index (χ1v) is 12.7. The molecule has 156 valence electrons. The van der Waals surface area contributed by atoms with E-state index in [0.29, 0.717) is 30.1 Å². The van der Waals surface area contributed by atoms with Crippen molar-refractivity contribution < 1.29 is 13.2 Å². The molecule has 5 nitrogen and oxygen atoms in total. The summed E-state index contributed by atoms with van der Waals surface area (Å²) in [6.45, 7) is 2.82. The Kier molecular flexibility index (Phi) is 6.08. The number of fused-ring (bicyclic) bond motifs is 1. The minimum Gasteiger partial charge on any atom is -0.349 e. The molecule has 0 bridgehead atoms. The molecular weight excluding hydrogens is 404 g/mol. The van der Waals surface area contributed by atoms with Crippen molar-refractivity contribution in [3.05, 3.63) is 52.4 Å². The lowest BCUT2D eigenvalue weighted by atomic mass is 9.89. The standard InChI is InChI=1S/C22H28N2O3S2/c1-16(19-9-8-17-5-2-3-6-20(17)15-19)23-22(25)18-10-12-24(13-11-18)29(26,27)21-7-4-14-28-21/h4,7-9,14-16,18H,2-3,5-6,10-13H2,1H3,(H,23,25).